The van der Waals surface area contributed by atoms with Crippen LogP contribution in [0.4, 0.5) is 4.39 Å². The van der Waals surface area contributed by atoms with Crippen LogP contribution >= 0.6 is 27.5 Å². The topological polar surface area (TPSA) is 34.1 Å². The molecule has 30 heavy (non-hydrogen) atoms. The predicted molar refractivity (Wildman–Crippen MR) is 118 cm³/mol. The lowest BCUT2D eigenvalue weighted by atomic mass is 9.96. The number of fused-ring (bicyclic) bond motifs is 3. The van der Waals surface area contributed by atoms with Crippen molar-refractivity contribution >= 4 is 33.2 Å². The Kier molecular flexibility index (Phi) is 4.91. The molecule has 152 valence electrons. The van der Waals surface area contributed by atoms with Gasteiger partial charge >= 0.3 is 0 Å². The summed E-state index contributed by atoms with van der Waals surface area (Å²) in [6, 6.07) is 18.1. The van der Waals surface area contributed by atoms with E-state index in [0.29, 0.717) is 17.2 Å². The maximum atomic E-state index is 14.8. The van der Waals surface area contributed by atoms with Gasteiger partial charge in [-0.15, -0.1) is 0 Å². The van der Waals surface area contributed by atoms with Crippen molar-refractivity contribution in [1.29, 1.82) is 0 Å². The Hall–Kier alpha value is -2.57. The minimum Gasteiger partial charge on any atom is -0.497 e. The Morgan fingerprint density at radius 2 is 1.97 bits per heavy atom. The Balaban J connectivity index is 1.62. The summed E-state index contributed by atoms with van der Waals surface area (Å²) in [6.07, 6.45) is -0.0880. The maximum Gasteiger partial charge on any atom is 0.218 e. The number of halogens is 3. The highest BCUT2D eigenvalue weighted by Crippen LogP contribution is 2.49. The highest BCUT2D eigenvalue weighted by molar-refractivity contribution is 9.10. The van der Waals surface area contributed by atoms with Crippen LogP contribution in [0, 0.1) is 5.82 Å². The van der Waals surface area contributed by atoms with Gasteiger partial charge in [0.1, 0.15) is 17.3 Å². The number of hydrazone groups is 1. The SMILES string of the molecule is COc1ccc(C2=NN3C(C2)c2cc(Br)ccc2OC3c2c(F)cccc2Cl)cc1. The van der Waals surface area contributed by atoms with E-state index in [0.717, 1.165) is 27.1 Å². The Labute approximate surface area is 187 Å². The molecule has 2 aliphatic rings. The average Bonchev–Trinajstić information content (AvgIpc) is 3.20. The molecule has 2 atom stereocenters. The lowest BCUT2D eigenvalue weighted by Gasteiger charge is -2.38. The molecule has 0 aliphatic carbocycles. The zero-order valence-corrected chi connectivity index (χ0v) is 18.3. The summed E-state index contributed by atoms with van der Waals surface area (Å²) in [5.74, 6) is 1.07. The van der Waals surface area contributed by atoms with Crippen molar-refractivity contribution in [3.8, 4) is 11.5 Å². The van der Waals surface area contributed by atoms with Crippen molar-refractivity contribution in [2.75, 3.05) is 7.11 Å². The lowest BCUT2D eigenvalue weighted by Crippen LogP contribution is -2.34. The van der Waals surface area contributed by atoms with E-state index >= 15 is 0 Å². The molecule has 0 spiro atoms. The fraction of sp³-hybridized carbons (Fsp3) is 0.174. The van der Waals surface area contributed by atoms with E-state index < -0.39 is 12.0 Å². The molecular formula is C23H17BrClFN2O2. The molecule has 0 bridgehead atoms. The van der Waals surface area contributed by atoms with Gasteiger partial charge in [0.05, 0.1) is 29.4 Å². The second-order valence-electron chi connectivity index (χ2n) is 7.16. The Morgan fingerprint density at radius 3 is 2.70 bits per heavy atom. The van der Waals surface area contributed by atoms with Crippen LogP contribution in [0.3, 0.4) is 0 Å². The fourth-order valence-corrected chi connectivity index (χ4v) is 4.59. The second-order valence-corrected chi connectivity index (χ2v) is 8.49. The number of benzene rings is 3. The highest BCUT2D eigenvalue weighted by Gasteiger charge is 2.42. The van der Waals surface area contributed by atoms with Gasteiger partial charge in [0, 0.05) is 16.5 Å². The highest BCUT2D eigenvalue weighted by atomic mass is 79.9. The summed E-state index contributed by atoms with van der Waals surface area (Å²) in [5, 5.41) is 6.98. The Morgan fingerprint density at radius 1 is 1.17 bits per heavy atom. The first-order chi connectivity index (χ1) is 14.5. The predicted octanol–water partition coefficient (Wildman–Crippen LogP) is 6.49. The molecular weight excluding hydrogens is 471 g/mol. The van der Waals surface area contributed by atoms with Gasteiger partial charge < -0.3 is 9.47 Å². The zero-order chi connectivity index (χ0) is 20.8. The van der Waals surface area contributed by atoms with Crippen LogP contribution in [0.5, 0.6) is 11.5 Å². The molecule has 3 aromatic carbocycles. The van der Waals surface area contributed by atoms with Crippen molar-refractivity contribution in [3.05, 3.63) is 92.7 Å². The minimum absolute atomic E-state index is 0.0935. The third-order valence-corrected chi connectivity index (χ3v) is 6.24. The molecule has 4 nitrogen and oxygen atoms in total. The van der Waals surface area contributed by atoms with E-state index in [4.69, 9.17) is 26.2 Å². The lowest BCUT2D eigenvalue weighted by molar-refractivity contribution is -0.0211. The van der Waals surface area contributed by atoms with Crippen LogP contribution in [-0.4, -0.2) is 17.8 Å². The molecule has 0 saturated heterocycles. The van der Waals surface area contributed by atoms with E-state index in [1.165, 1.54) is 6.07 Å². The summed E-state index contributed by atoms with van der Waals surface area (Å²) < 4.78 is 27.2. The number of hydrogen-bond donors (Lipinski definition) is 0. The summed E-state index contributed by atoms with van der Waals surface area (Å²) in [5.41, 5.74) is 3.18. The van der Waals surface area contributed by atoms with Crippen molar-refractivity contribution in [3.63, 3.8) is 0 Å². The van der Waals surface area contributed by atoms with Gasteiger partial charge in [-0.25, -0.2) is 9.40 Å². The number of nitrogens with zero attached hydrogens (tertiary/aromatic N) is 2. The fourth-order valence-electron chi connectivity index (χ4n) is 3.95. The quantitative estimate of drug-likeness (QED) is 0.423. The largest absolute Gasteiger partial charge is 0.497 e. The smallest absolute Gasteiger partial charge is 0.218 e. The number of methoxy groups -OCH3 is 1. The molecule has 0 fully saturated rings. The molecule has 2 unspecified atom stereocenters. The minimum atomic E-state index is -0.756. The molecule has 0 amide bonds. The van der Waals surface area contributed by atoms with Gasteiger partial charge in [0.25, 0.3) is 0 Å². The summed E-state index contributed by atoms with van der Waals surface area (Å²) in [6.45, 7) is 0. The normalized spacial score (nSPS) is 19.6. The molecule has 7 heteroatoms. The van der Waals surface area contributed by atoms with E-state index in [1.54, 1.807) is 19.2 Å². The molecule has 2 heterocycles. The molecule has 0 N–H and O–H groups in total. The maximum absolute atomic E-state index is 14.8. The number of rotatable bonds is 3. The molecule has 5 rings (SSSR count). The summed E-state index contributed by atoms with van der Waals surface area (Å²) in [7, 11) is 1.64. The van der Waals surface area contributed by atoms with Crippen LogP contribution in [0.2, 0.25) is 5.02 Å². The second kappa shape index (κ2) is 7.60. The third kappa shape index (κ3) is 3.24. The van der Waals surface area contributed by atoms with Crippen LogP contribution in [0.25, 0.3) is 0 Å². The van der Waals surface area contributed by atoms with E-state index in [1.807, 2.05) is 47.5 Å². The van der Waals surface area contributed by atoms with Crippen molar-refractivity contribution < 1.29 is 13.9 Å². The first kappa shape index (κ1) is 19.4. The van der Waals surface area contributed by atoms with Gasteiger partial charge in [-0.05, 0) is 60.2 Å². The van der Waals surface area contributed by atoms with Crippen LogP contribution in [-0.2, 0) is 0 Å². The number of hydrogen-bond acceptors (Lipinski definition) is 4. The zero-order valence-electron chi connectivity index (χ0n) is 16.0. The van der Waals surface area contributed by atoms with E-state index in [9.17, 15) is 4.39 Å². The molecule has 0 saturated carbocycles. The first-order valence-electron chi connectivity index (χ1n) is 9.45. The van der Waals surface area contributed by atoms with Crippen LogP contribution in [0.1, 0.15) is 35.4 Å². The van der Waals surface area contributed by atoms with Gasteiger partial charge in [0.15, 0.2) is 0 Å². The van der Waals surface area contributed by atoms with Gasteiger partial charge in [0.2, 0.25) is 6.23 Å². The van der Waals surface area contributed by atoms with Gasteiger partial charge in [-0.2, -0.15) is 5.10 Å². The summed E-state index contributed by atoms with van der Waals surface area (Å²) >= 11 is 9.92. The Bertz CT molecular complexity index is 1130. The van der Waals surface area contributed by atoms with Crippen molar-refractivity contribution in [1.82, 2.24) is 5.01 Å². The number of ether oxygens (including phenoxy) is 2. The van der Waals surface area contributed by atoms with Crippen molar-refractivity contribution in [2.24, 2.45) is 5.10 Å². The third-order valence-electron chi connectivity index (χ3n) is 5.42. The van der Waals surface area contributed by atoms with Crippen LogP contribution in [0.15, 0.2) is 70.2 Å². The monoisotopic (exact) mass is 486 g/mol. The molecule has 0 aromatic heterocycles. The first-order valence-corrected chi connectivity index (χ1v) is 10.6. The molecule has 0 radical (unpaired) electrons. The molecule has 2 aliphatic heterocycles. The van der Waals surface area contributed by atoms with Gasteiger partial charge in [-0.3, -0.25) is 0 Å². The average molecular weight is 488 g/mol. The van der Waals surface area contributed by atoms with Crippen molar-refractivity contribution in [2.45, 2.75) is 18.7 Å². The standard InChI is InChI=1S/C23H17BrClFN2O2/c1-29-15-8-5-13(6-9-15)19-12-20-16-11-14(24)7-10-21(16)30-23(28(20)27-19)22-17(25)3-2-4-18(22)26/h2-11,20,23H,12H2,1H3. The van der Waals surface area contributed by atoms with E-state index in [2.05, 4.69) is 15.9 Å². The van der Waals surface area contributed by atoms with Gasteiger partial charge in [-0.1, -0.05) is 33.6 Å². The summed E-state index contributed by atoms with van der Waals surface area (Å²) in [4.78, 5) is 0. The van der Waals surface area contributed by atoms with Crippen LogP contribution < -0.4 is 9.47 Å². The molecule has 3 aromatic rings. The van der Waals surface area contributed by atoms with E-state index in [-0.39, 0.29) is 11.6 Å².